The van der Waals surface area contributed by atoms with E-state index in [0.717, 1.165) is 47.3 Å². The first kappa shape index (κ1) is 26.7. The molecule has 1 atom stereocenters. The highest BCUT2D eigenvalue weighted by atomic mass is 79.9. The summed E-state index contributed by atoms with van der Waals surface area (Å²) in [4.78, 5) is 13.5. The monoisotopic (exact) mass is 549 g/mol. The molecule has 2 aromatic carbocycles. The van der Waals surface area contributed by atoms with Crippen LogP contribution in [0.4, 0.5) is 0 Å². The lowest BCUT2D eigenvalue weighted by atomic mass is 9.93. The molecule has 3 aromatic rings. The van der Waals surface area contributed by atoms with Gasteiger partial charge in [0.1, 0.15) is 0 Å². The summed E-state index contributed by atoms with van der Waals surface area (Å²) in [5.41, 5.74) is 7.73. The van der Waals surface area contributed by atoms with Crippen LogP contribution in [0.2, 0.25) is 0 Å². The van der Waals surface area contributed by atoms with Gasteiger partial charge >= 0.3 is 0 Å². The summed E-state index contributed by atoms with van der Waals surface area (Å²) < 4.78 is 3.15. The Morgan fingerprint density at radius 1 is 1.08 bits per heavy atom. The molecule has 0 bridgehead atoms. The van der Waals surface area contributed by atoms with Crippen LogP contribution in [0.5, 0.6) is 0 Å². The number of halogens is 1. The summed E-state index contributed by atoms with van der Waals surface area (Å²) >= 11 is 3.64. The zero-order valence-electron chi connectivity index (χ0n) is 22.2. The molecule has 1 aliphatic rings. The van der Waals surface area contributed by atoms with E-state index in [9.17, 15) is 4.79 Å². The van der Waals surface area contributed by atoms with Crippen molar-refractivity contribution in [1.29, 1.82) is 0 Å². The van der Waals surface area contributed by atoms with E-state index in [1.54, 1.807) is 0 Å². The van der Waals surface area contributed by atoms with Crippen LogP contribution in [0.3, 0.4) is 0 Å². The number of fused-ring (bicyclic) bond motifs is 3. The van der Waals surface area contributed by atoms with Gasteiger partial charge in [-0.2, -0.15) is 5.10 Å². The van der Waals surface area contributed by atoms with Gasteiger partial charge in [0.25, 0.3) is 5.91 Å². The molecule has 0 aliphatic heterocycles. The molecule has 0 fully saturated rings. The highest BCUT2D eigenvalue weighted by Crippen LogP contribution is 2.36. The highest BCUT2D eigenvalue weighted by Gasteiger charge is 2.27. The number of carbonyl (C=O) groups is 1. The van der Waals surface area contributed by atoms with Crippen LogP contribution in [0.1, 0.15) is 85.6 Å². The van der Waals surface area contributed by atoms with Gasteiger partial charge in [-0.1, -0.05) is 91.9 Å². The van der Waals surface area contributed by atoms with Gasteiger partial charge in [-0.3, -0.25) is 9.48 Å². The minimum absolute atomic E-state index is 0.0381. The average Bonchev–Trinajstić information content (AvgIpc) is 3.11. The quantitative estimate of drug-likeness (QED) is 0.281. The fraction of sp³-hybridized carbons (Fsp3) is 0.484. The standard InChI is InChI=1S/C31H40BrN3O/c1-5-23(6-2)13-12-22(4)19-33-31(36)29-28-9-7-8-25-18-26(32)16-17-27(25)30(28)35(34-29)20-24-14-10-21(3)11-15-24/h10-11,14-18,22-23H,5-9,12-13,19-20H2,1-4H3,(H,33,36). The molecular weight excluding hydrogens is 510 g/mol. The molecule has 1 aromatic heterocycles. The second-order valence-electron chi connectivity index (χ2n) is 10.5. The van der Waals surface area contributed by atoms with Crippen LogP contribution in [0, 0.1) is 18.8 Å². The maximum Gasteiger partial charge on any atom is 0.272 e. The molecule has 36 heavy (non-hydrogen) atoms. The van der Waals surface area contributed by atoms with Gasteiger partial charge in [-0.25, -0.2) is 0 Å². The second-order valence-corrected chi connectivity index (χ2v) is 11.5. The highest BCUT2D eigenvalue weighted by molar-refractivity contribution is 9.10. The number of hydrogen-bond acceptors (Lipinski definition) is 2. The molecule has 1 heterocycles. The first-order valence-electron chi connectivity index (χ1n) is 13.6. The van der Waals surface area contributed by atoms with Crippen LogP contribution in [0.15, 0.2) is 46.9 Å². The predicted octanol–water partition coefficient (Wildman–Crippen LogP) is 7.74. The molecule has 0 radical (unpaired) electrons. The lowest BCUT2D eigenvalue weighted by Crippen LogP contribution is -2.29. The Bertz CT molecular complexity index is 1180. The van der Waals surface area contributed by atoms with E-state index in [1.165, 1.54) is 41.5 Å². The van der Waals surface area contributed by atoms with Crippen molar-refractivity contribution in [2.45, 2.75) is 79.2 Å². The van der Waals surface area contributed by atoms with Gasteiger partial charge < -0.3 is 5.32 Å². The number of hydrogen-bond donors (Lipinski definition) is 1. The number of nitrogens with zero attached hydrogens (tertiary/aromatic N) is 2. The van der Waals surface area contributed by atoms with Gasteiger partial charge in [0.15, 0.2) is 5.69 Å². The molecule has 4 rings (SSSR count). The molecule has 192 valence electrons. The normalized spacial score (nSPS) is 13.7. The number of aryl methyl sites for hydroxylation is 2. The van der Waals surface area contributed by atoms with Crippen LogP contribution < -0.4 is 5.32 Å². The van der Waals surface area contributed by atoms with Gasteiger partial charge in [0.2, 0.25) is 0 Å². The van der Waals surface area contributed by atoms with E-state index in [4.69, 9.17) is 5.10 Å². The van der Waals surface area contributed by atoms with Crippen molar-refractivity contribution in [3.8, 4) is 11.3 Å². The van der Waals surface area contributed by atoms with Crippen LogP contribution in [-0.2, 0) is 19.4 Å². The maximum atomic E-state index is 13.5. The molecule has 1 unspecified atom stereocenters. The largest absolute Gasteiger partial charge is 0.350 e. The molecule has 0 spiro atoms. The molecule has 0 saturated heterocycles. The SMILES string of the molecule is CCC(CC)CCC(C)CNC(=O)c1nn(Cc2ccc(C)cc2)c2c1CCCc1cc(Br)ccc1-2. The fourth-order valence-corrected chi connectivity index (χ4v) is 5.73. The average molecular weight is 551 g/mol. The molecular formula is C31H40BrN3O. The van der Waals surface area contributed by atoms with Gasteiger partial charge in [-0.05, 0) is 67.7 Å². The minimum atomic E-state index is -0.0381. The van der Waals surface area contributed by atoms with E-state index >= 15 is 0 Å². The van der Waals surface area contributed by atoms with Crippen molar-refractivity contribution in [3.05, 3.63) is 74.9 Å². The Kier molecular flexibility index (Phi) is 9.05. The first-order chi connectivity index (χ1) is 17.4. The van der Waals surface area contributed by atoms with Crippen LogP contribution >= 0.6 is 15.9 Å². The molecule has 1 N–H and O–H groups in total. The van der Waals surface area contributed by atoms with Crippen molar-refractivity contribution < 1.29 is 4.79 Å². The summed E-state index contributed by atoms with van der Waals surface area (Å²) in [5.74, 6) is 1.21. The number of nitrogens with one attached hydrogen (secondary N) is 1. The summed E-state index contributed by atoms with van der Waals surface area (Å²) in [6.07, 6.45) is 7.73. The minimum Gasteiger partial charge on any atom is -0.350 e. The Labute approximate surface area is 225 Å². The van der Waals surface area contributed by atoms with Crippen molar-refractivity contribution in [3.63, 3.8) is 0 Å². The zero-order valence-corrected chi connectivity index (χ0v) is 23.8. The number of benzene rings is 2. The number of amides is 1. The van der Waals surface area contributed by atoms with Crippen LogP contribution in [-0.4, -0.2) is 22.2 Å². The molecule has 1 amide bonds. The smallest absolute Gasteiger partial charge is 0.272 e. The van der Waals surface area contributed by atoms with E-state index in [1.807, 2.05) is 0 Å². The summed E-state index contributed by atoms with van der Waals surface area (Å²) in [6.45, 7) is 10.2. The van der Waals surface area contributed by atoms with Gasteiger partial charge in [0, 0.05) is 22.1 Å². The first-order valence-corrected chi connectivity index (χ1v) is 14.4. The zero-order chi connectivity index (χ0) is 25.7. The topological polar surface area (TPSA) is 46.9 Å². The van der Waals surface area contributed by atoms with Gasteiger partial charge in [-0.15, -0.1) is 0 Å². The second kappa shape index (κ2) is 12.2. The molecule has 1 aliphatic carbocycles. The Morgan fingerprint density at radius 2 is 1.83 bits per heavy atom. The molecule has 5 heteroatoms. The Hall–Kier alpha value is -2.40. The summed E-state index contributed by atoms with van der Waals surface area (Å²) in [5, 5.41) is 8.17. The van der Waals surface area contributed by atoms with Crippen molar-refractivity contribution >= 4 is 21.8 Å². The lowest BCUT2D eigenvalue weighted by Gasteiger charge is -2.16. The Morgan fingerprint density at radius 3 is 2.56 bits per heavy atom. The number of carbonyl (C=O) groups excluding carboxylic acids is 1. The number of aromatic nitrogens is 2. The number of rotatable bonds is 10. The third-order valence-electron chi connectivity index (χ3n) is 7.75. The van der Waals surface area contributed by atoms with E-state index in [2.05, 4.69) is 96.1 Å². The van der Waals surface area contributed by atoms with E-state index in [0.29, 0.717) is 24.7 Å². The lowest BCUT2D eigenvalue weighted by molar-refractivity contribution is 0.0940. The molecule has 0 saturated carbocycles. The van der Waals surface area contributed by atoms with Crippen LogP contribution in [0.25, 0.3) is 11.3 Å². The molecule has 4 nitrogen and oxygen atoms in total. The third kappa shape index (κ3) is 6.29. The third-order valence-corrected chi connectivity index (χ3v) is 8.24. The van der Waals surface area contributed by atoms with Crippen molar-refractivity contribution in [2.24, 2.45) is 11.8 Å². The van der Waals surface area contributed by atoms with E-state index in [-0.39, 0.29) is 5.91 Å². The van der Waals surface area contributed by atoms with E-state index < -0.39 is 0 Å². The fourth-order valence-electron chi connectivity index (χ4n) is 5.33. The van der Waals surface area contributed by atoms with Crippen molar-refractivity contribution in [2.75, 3.05) is 6.54 Å². The Balaban J connectivity index is 1.61. The summed E-state index contributed by atoms with van der Waals surface area (Å²) in [7, 11) is 0. The maximum absolute atomic E-state index is 13.5. The summed E-state index contributed by atoms with van der Waals surface area (Å²) in [6, 6.07) is 15.1. The van der Waals surface area contributed by atoms with Gasteiger partial charge in [0.05, 0.1) is 12.2 Å². The van der Waals surface area contributed by atoms with Crippen molar-refractivity contribution in [1.82, 2.24) is 15.1 Å². The predicted molar refractivity (Wildman–Crippen MR) is 152 cm³/mol.